The minimum atomic E-state index is 0.428. The fraction of sp³-hybridized carbons (Fsp3) is 0.158. The second-order valence-electron chi connectivity index (χ2n) is 5.80. The largest absolute Gasteiger partial charge is 0.497 e. The van der Waals surface area contributed by atoms with Crippen molar-refractivity contribution in [1.29, 1.82) is 0 Å². The Balaban J connectivity index is 1.35. The molecule has 0 spiro atoms. The molecule has 2 aromatic carbocycles. The summed E-state index contributed by atoms with van der Waals surface area (Å²) in [6.07, 6.45) is 0.553. The predicted octanol–water partition coefficient (Wildman–Crippen LogP) is 4.66. The number of benzene rings is 2. The lowest BCUT2D eigenvalue weighted by molar-refractivity contribution is 0.389. The van der Waals surface area contributed by atoms with E-state index in [4.69, 9.17) is 25.3 Å². The molecule has 0 fully saturated rings. The lowest BCUT2D eigenvalue weighted by Gasteiger charge is -2.00. The number of rotatable bonds is 7. The molecular formula is C19H15ClN4O3S. The van der Waals surface area contributed by atoms with E-state index in [1.807, 2.05) is 36.4 Å². The SMILES string of the molecule is COc1ccc(Cc2nnc(SCc3nc(-c4cccc(Cl)c4)no3)o2)cc1. The molecule has 0 radical (unpaired) electrons. The Morgan fingerprint density at radius 2 is 1.93 bits per heavy atom. The predicted molar refractivity (Wildman–Crippen MR) is 104 cm³/mol. The van der Waals surface area contributed by atoms with Crippen LogP contribution in [0.2, 0.25) is 5.02 Å². The monoisotopic (exact) mass is 414 g/mol. The second-order valence-corrected chi connectivity index (χ2v) is 7.16. The van der Waals surface area contributed by atoms with Crippen LogP contribution >= 0.6 is 23.4 Å². The minimum absolute atomic E-state index is 0.428. The van der Waals surface area contributed by atoms with Crippen LogP contribution in [0.1, 0.15) is 17.3 Å². The molecule has 4 aromatic rings. The van der Waals surface area contributed by atoms with Crippen molar-refractivity contribution in [2.45, 2.75) is 17.4 Å². The molecule has 7 nitrogen and oxygen atoms in total. The normalized spacial score (nSPS) is 10.9. The van der Waals surface area contributed by atoms with E-state index in [0.29, 0.717) is 40.0 Å². The van der Waals surface area contributed by atoms with Gasteiger partial charge in [-0.2, -0.15) is 4.98 Å². The zero-order valence-corrected chi connectivity index (χ0v) is 16.4. The maximum absolute atomic E-state index is 5.99. The zero-order chi connectivity index (χ0) is 19.3. The van der Waals surface area contributed by atoms with Gasteiger partial charge in [0.05, 0.1) is 19.3 Å². The van der Waals surface area contributed by atoms with Crippen LogP contribution in [0, 0.1) is 0 Å². The smallest absolute Gasteiger partial charge is 0.277 e. The van der Waals surface area contributed by atoms with Gasteiger partial charge in [-0.3, -0.25) is 0 Å². The molecule has 28 heavy (non-hydrogen) atoms. The van der Waals surface area contributed by atoms with Gasteiger partial charge in [0.2, 0.25) is 17.6 Å². The lowest BCUT2D eigenvalue weighted by Crippen LogP contribution is -1.89. The molecule has 0 saturated carbocycles. The molecule has 4 rings (SSSR count). The van der Waals surface area contributed by atoms with Crippen LogP contribution in [0.15, 0.2) is 62.7 Å². The number of hydrogen-bond donors (Lipinski definition) is 0. The first kappa shape index (κ1) is 18.5. The number of thioether (sulfide) groups is 1. The summed E-state index contributed by atoms with van der Waals surface area (Å²) in [6, 6.07) is 15.0. The van der Waals surface area contributed by atoms with Gasteiger partial charge in [0, 0.05) is 10.6 Å². The highest BCUT2D eigenvalue weighted by atomic mass is 35.5. The third-order valence-electron chi connectivity index (χ3n) is 3.83. The van der Waals surface area contributed by atoms with Crippen LogP contribution in [0.5, 0.6) is 5.75 Å². The fourth-order valence-electron chi connectivity index (χ4n) is 2.47. The molecule has 0 bridgehead atoms. The molecule has 0 saturated heterocycles. The number of ether oxygens (including phenoxy) is 1. The molecule has 0 amide bonds. The molecule has 0 unspecified atom stereocenters. The van der Waals surface area contributed by atoms with Crippen molar-refractivity contribution in [3.05, 3.63) is 70.9 Å². The Bertz CT molecular complexity index is 1060. The molecule has 0 atom stereocenters. The Kier molecular flexibility index (Phi) is 5.59. The van der Waals surface area contributed by atoms with E-state index in [9.17, 15) is 0 Å². The third kappa shape index (κ3) is 4.52. The summed E-state index contributed by atoms with van der Waals surface area (Å²) in [4.78, 5) is 4.37. The fourth-order valence-corrected chi connectivity index (χ4v) is 3.28. The van der Waals surface area contributed by atoms with Gasteiger partial charge < -0.3 is 13.7 Å². The van der Waals surface area contributed by atoms with Gasteiger partial charge in [0.15, 0.2) is 0 Å². The van der Waals surface area contributed by atoms with Gasteiger partial charge in [-0.1, -0.05) is 52.8 Å². The Morgan fingerprint density at radius 3 is 2.71 bits per heavy atom. The van der Waals surface area contributed by atoms with Crippen molar-refractivity contribution < 1.29 is 13.7 Å². The highest BCUT2D eigenvalue weighted by molar-refractivity contribution is 7.98. The molecule has 9 heteroatoms. The number of hydrogen-bond acceptors (Lipinski definition) is 8. The molecule has 2 heterocycles. The van der Waals surface area contributed by atoms with Crippen molar-refractivity contribution in [3.63, 3.8) is 0 Å². The highest BCUT2D eigenvalue weighted by Gasteiger charge is 2.13. The average molecular weight is 415 g/mol. The van der Waals surface area contributed by atoms with Crippen LogP contribution in [0.3, 0.4) is 0 Å². The van der Waals surface area contributed by atoms with Gasteiger partial charge in [-0.05, 0) is 29.8 Å². The van der Waals surface area contributed by atoms with E-state index in [-0.39, 0.29) is 0 Å². The van der Waals surface area contributed by atoms with E-state index >= 15 is 0 Å². The molecule has 0 aliphatic carbocycles. The van der Waals surface area contributed by atoms with Gasteiger partial charge in [-0.15, -0.1) is 10.2 Å². The van der Waals surface area contributed by atoms with Crippen LogP contribution in [0.25, 0.3) is 11.4 Å². The van der Waals surface area contributed by atoms with Gasteiger partial charge in [0.25, 0.3) is 5.22 Å². The van der Waals surface area contributed by atoms with E-state index < -0.39 is 0 Å². The molecule has 0 N–H and O–H groups in total. The summed E-state index contributed by atoms with van der Waals surface area (Å²) < 4.78 is 16.1. The maximum atomic E-state index is 5.99. The number of methoxy groups -OCH3 is 1. The van der Waals surface area contributed by atoms with Crippen LogP contribution in [-0.2, 0) is 12.2 Å². The zero-order valence-electron chi connectivity index (χ0n) is 14.8. The summed E-state index contributed by atoms with van der Waals surface area (Å²) in [6.45, 7) is 0. The van der Waals surface area contributed by atoms with Crippen molar-refractivity contribution >= 4 is 23.4 Å². The highest BCUT2D eigenvalue weighted by Crippen LogP contribution is 2.24. The van der Waals surface area contributed by atoms with Crippen LogP contribution < -0.4 is 4.74 Å². The summed E-state index contributed by atoms with van der Waals surface area (Å²) in [5.41, 5.74) is 1.86. The number of aromatic nitrogens is 4. The van der Waals surface area contributed by atoms with Crippen LogP contribution in [-0.4, -0.2) is 27.4 Å². The van der Waals surface area contributed by atoms with Crippen molar-refractivity contribution in [3.8, 4) is 17.1 Å². The van der Waals surface area contributed by atoms with E-state index in [2.05, 4.69) is 20.3 Å². The van der Waals surface area contributed by atoms with Gasteiger partial charge in [-0.25, -0.2) is 0 Å². The molecule has 142 valence electrons. The Hall–Kier alpha value is -2.84. The average Bonchev–Trinajstić information content (AvgIpc) is 3.36. The van der Waals surface area contributed by atoms with E-state index in [1.54, 1.807) is 19.2 Å². The first-order chi connectivity index (χ1) is 13.7. The van der Waals surface area contributed by atoms with Crippen LogP contribution in [0.4, 0.5) is 0 Å². The minimum Gasteiger partial charge on any atom is -0.497 e. The summed E-state index contributed by atoms with van der Waals surface area (Å²) >= 11 is 7.33. The molecule has 2 aromatic heterocycles. The van der Waals surface area contributed by atoms with Crippen molar-refractivity contribution in [2.75, 3.05) is 7.11 Å². The molecule has 0 aliphatic rings. The standard InChI is InChI=1S/C19H15ClN4O3S/c1-25-15-7-5-12(6-8-15)9-16-22-23-19(26-16)28-11-17-21-18(24-27-17)13-3-2-4-14(20)10-13/h2-8,10H,9,11H2,1H3. The summed E-state index contributed by atoms with van der Waals surface area (Å²) in [5, 5.41) is 13.2. The third-order valence-corrected chi connectivity index (χ3v) is 4.87. The van der Waals surface area contributed by atoms with Crippen molar-refractivity contribution in [1.82, 2.24) is 20.3 Å². The summed E-state index contributed by atoms with van der Waals surface area (Å²) in [5.74, 6) is 2.73. The van der Waals surface area contributed by atoms with E-state index in [1.165, 1.54) is 11.8 Å². The van der Waals surface area contributed by atoms with E-state index in [0.717, 1.165) is 16.9 Å². The van der Waals surface area contributed by atoms with Gasteiger partial charge >= 0.3 is 0 Å². The quantitative estimate of drug-likeness (QED) is 0.403. The number of halogens is 1. The molecule has 0 aliphatic heterocycles. The van der Waals surface area contributed by atoms with Gasteiger partial charge in [0.1, 0.15) is 5.75 Å². The summed E-state index contributed by atoms with van der Waals surface area (Å²) in [7, 11) is 1.64. The Morgan fingerprint density at radius 1 is 1.07 bits per heavy atom. The molecular weight excluding hydrogens is 400 g/mol. The first-order valence-electron chi connectivity index (χ1n) is 8.36. The Labute approximate surface area is 170 Å². The first-order valence-corrected chi connectivity index (χ1v) is 9.72. The topological polar surface area (TPSA) is 87.1 Å². The lowest BCUT2D eigenvalue weighted by atomic mass is 10.1. The maximum Gasteiger partial charge on any atom is 0.277 e. The van der Waals surface area contributed by atoms with Crippen molar-refractivity contribution in [2.24, 2.45) is 0 Å². The second kappa shape index (κ2) is 8.45. The number of nitrogens with zero attached hydrogens (tertiary/aromatic N) is 4.